The van der Waals surface area contributed by atoms with Crippen molar-refractivity contribution in [3.8, 4) is 0 Å². The maximum atomic E-state index is 11.2. The molecule has 2 rings (SSSR count). The minimum atomic E-state index is -0.111. The maximum absolute atomic E-state index is 11.2. The summed E-state index contributed by atoms with van der Waals surface area (Å²) in [5.74, 6) is 0.754. The van der Waals surface area contributed by atoms with Crippen LogP contribution in [0.1, 0.15) is 30.9 Å². The molecule has 1 aromatic carbocycles. The standard InChI is InChI=1S/C16H25N3O.2ClH/c1-13-5-7-19(8-6-13)12-15-4-2-3-14(9-15)11-18-16(20)10-17;;/h2-4,9,13H,5-8,10-12,17H2,1H3,(H,18,20);2*1H. The zero-order valence-corrected chi connectivity index (χ0v) is 14.7. The predicted molar refractivity (Wildman–Crippen MR) is 95.5 cm³/mol. The predicted octanol–water partition coefficient (Wildman–Crippen LogP) is 2.34. The number of hydrogen-bond donors (Lipinski definition) is 2. The highest BCUT2D eigenvalue weighted by Crippen LogP contribution is 2.18. The van der Waals surface area contributed by atoms with E-state index in [1.54, 1.807) is 0 Å². The van der Waals surface area contributed by atoms with Crippen LogP contribution in [0.15, 0.2) is 24.3 Å². The quantitative estimate of drug-likeness (QED) is 0.859. The molecule has 6 heteroatoms. The highest BCUT2D eigenvalue weighted by atomic mass is 35.5. The van der Waals surface area contributed by atoms with Crippen LogP contribution in [0.4, 0.5) is 0 Å². The zero-order valence-electron chi connectivity index (χ0n) is 13.1. The van der Waals surface area contributed by atoms with Gasteiger partial charge in [-0.15, -0.1) is 24.8 Å². The first-order chi connectivity index (χ1) is 9.67. The van der Waals surface area contributed by atoms with Crippen LogP contribution < -0.4 is 11.1 Å². The Morgan fingerprint density at radius 1 is 1.27 bits per heavy atom. The molecule has 1 aromatic rings. The van der Waals surface area contributed by atoms with Crippen molar-refractivity contribution in [3.63, 3.8) is 0 Å². The second-order valence-corrected chi connectivity index (χ2v) is 5.76. The number of amides is 1. The second kappa shape index (κ2) is 10.8. The van der Waals surface area contributed by atoms with Crippen LogP contribution in [-0.2, 0) is 17.9 Å². The minimum Gasteiger partial charge on any atom is -0.351 e. The number of halogens is 2. The highest BCUT2D eigenvalue weighted by molar-refractivity contribution is 5.85. The number of likely N-dealkylation sites (tertiary alicyclic amines) is 1. The first-order valence-electron chi connectivity index (χ1n) is 7.44. The third kappa shape index (κ3) is 6.97. The van der Waals surface area contributed by atoms with Crippen LogP contribution in [0.5, 0.6) is 0 Å². The molecule has 1 fully saturated rings. The van der Waals surface area contributed by atoms with E-state index >= 15 is 0 Å². The van der Waals surface area contributed by atoms with Crippen LogP contribution >= 0.6 is 24.8 Å². The largest absolute Gasteiger partial charge is 0.351 e. The molecule has 22 heavy (non-hydrogen) atoms. The maximum Gasteiger partial charge on any atom is 0.234 e. The summed E-state index contributed by atoms with van der Waals surface area (Å²) in [6.07, 6.45) is 2.60. The van der Waals surface area contributed by atoms with Gasteiger partial charge in [-0.1, -0.05) is 31.2 Å². The van der Waals surface area contributed by atoms with Crippen molar-refractivity contribution in [1.29, 1.82) is 0 Å². The summed E-state index contributed by atoms with van der Waals surface area (Å²) in [5.41, 5.74) is 7.73. The molecule has 0 radical (unpaired) electrons. The van der Waals surface area contributed by atoms with Gasteiger partial charge >= 0.3 is 0 Å². The number of nitrogens with one attached hydrogen (secondary N) is 1. The fourth-order valence-electron chi connectivity index (χ4n) is 2.59. The van der Waals surface area contributed by atoms with E-state index in [2.05, 4.69) is 35.3 Å². The summed E-state index contributed by atoms with van der Waals surface area (Å²) in [6, 6.07) is 8.44. The summed E-state index contributed by atoms with van der Waals surface area (Å²) in [6.45, 7) is 6.32. The SMILES string of the molecule is CC1CCN(Cc2cccc(CNC(=O)CN)c2)CC1.Cl.Cl. The van der Waals surface area contributed by atoms with Crippen molar-refractivity contribution < 1.29 is 4.79 Å². The lowest BCUT2D eigenvalue weighted by Crippen LogP contribution is -2.32. The molecule has 1 heterocycles. The number of nitrogens with two attached hydrogens (primary N) is 1. The number of carbonyl (C=O) groups excluding carboxylic acids is 1. The first kappa shape index (κ1) is 21.2. The molecular weight excluding hydrogens is 321 g/mol. The normalized spacial score (nSPS) is 15.5. The van der Waals surface area contributed by atoms with Gasteiger partial charge in [0.05, 0.1) is 6.54 Å². The molecular formula is C16H27Cl2N3O. The molecule has 0 aliphatic carbocycles. The van der Waals surface area contributed by atoms with Gasteiger partial charge in [-0.25, -0.2) is 0 Å². The molecule has 1 saturated heterocycles. The summed E-state index contributed by atoms with van der Waals surface area (Å²) in [5, 5.41) is 2.81. The van der Waals surface area contributed by atoms with Crippen molar-refractivity contribution in [3.05, 3.63) is 35.4 Å². The number of rotatable bonds is 5. The summed E-state index contributed by atoms with van der Waals surface area (Å²) < 4.78 is 0. The number of nitrogens with zero attached hydrogens (tertiary/aromatic N) is 1. The topological polar surface area (TPSA) is 58.4 Å². The third-order valence-electron chi connectivity index (χ3n) is 3.95. The Bertz CT molecular complexity index is 449. The number of hydrogen-bond acceptors (Lipinski definition) is 3. The van der Waals surface area contributed by atoms with Gasteiger partial charge < -0.3 is 11.1 Å². The van der Waals surface area contributed by atoms with Crippen molar-refractivity contribution >= 4 is 30.7 Å². The molecule has 0 spiro atoms. The zero-order chi connectivity index (χ0) is 14.4. The lowest BCUT2D eigenvalue weighted by molar-refractivity contribution is -0.119. The molecule has 1 aliphatic rings. The van der Waals surface area contributed by atoms with Crippen molar-refractivity contribution in [2.75, 3.05) is 19.6 Å². The second-order valence-electron chi connectivity index (χ2n) is 5.76. The molecule has 4 nitrogen and oxygen atoms in total. The molecule has 1 aliphatic heterocycles. The van der Waals surface area contributed by atoms with Gasteiger partial charge in [0.25, 0.3) is 0 Å². The van der Waals surface area contributed by atoms with Gasteiger partial charge in [-0.05, 0) is 43.0 Å². The average Bonchev–Trinajstić information content (AvgIpc) is 2.47. The molecule has 0 bridgehead atoms. The van der Waals surface area contributed by atoms with Gasteiger partial charge in [-0.2, -0.15) is 0 Å². The Kier molecular flexibility index (Phi) is 10.4. The molecule has 0 atom stereocenters. The molecule has 0 saturated carbocycles. The van der Waals surface area contributed by atoms with Crippen molar-refractivity contribution in [2.45, 2.75) is 32.9 Å². The van der Waals surface area contributed by atoms with E-state index in [-0.39, 0.29) is 37.3 Å². The number of piperidine rings is 1. The van der Waals surface area contributed by atoms with Crippen molar-refractivity contribution in [1.82, 2.24) is 10.2 Å². The third-order valence-corrected chi connectivity index (χ3v) is 3.95. The van der Waals surface area contributed by atoms with Gasteiger partial charge in [0.1, 0.15) is 0 Å². The van der Waals surface area contributed by atoms with Crippen LogP contribution in [0, 0.1) is 5.92 Å². The fraction of sp³-hybridized carbons (Fsp3) is 0.562. The Morgan fingerprint density at radius 3 is 2.55 bits per heavy atom. The molecule has 126 valence electrons. The van der Waals surface area contributed by atoms with Crippen molar-refractivity contribution in [2.24, 2.45) is 11.7 Å². The minimum absolute atomic E-state index is 0. The Hall–Kier alpha value is -0.810. The highest BCUT2D eigenvalue weighted by Gasteiger charge is 2.15. The summed E-state index contributed by atoms with van der Waals surface area (Å²) in [4.78, 5) is 13.7. The Morgan fingerprint density at radius 2 is 1.91 bits per heavy atom. The molecule has 0 unspecified atom stereocenters. The van der Waals surface area contributed by atoms with Crippen LogP contribution in [0.2, 0.25) is 0 Å². The lowest BCUT2D eigenvalue weighted by Gasteiger charge is -2.30. The van der Waals surface area contributed by atoms with E-state index in [0.717, 1.165) is 18.0 Å². The Balaban J connectivity index is 0.00000220. The molecule has 0 aromatic heterocycles. The van der Waals surface area contributed by atoms with E-state index in [1.165, 1.54) is 31.5 Å². The van der Waals surface area contributed by atoms with Crippen LogP contribution in [-0.4, -0.2) is 30.4 Å². The average molecular weight is 348 g/mol. The van der Waals surface area contributed by atoms with E-state index in [4.69, 9.17) is 5.73 Å². The smallest absolute Gasteiger partial charge is 0.234 e. The number of benzene rings is 1. The van der Waals surface area contributed by atoms with E-state index in [0.29, 0.717) is 6.54 Å². The van der Waals surface area contributed by atoms with Crippen LogP contribution in [0.25, 0.3) is 0 Å². The fourth-order valence-corrected chi connectivity index (χ4v) is 2.59. The summed E-state index contributed by atoms with van der Waals surface area (Å²) in [7, 11) is 0. The van der Waals surface area contributed by atoms with E-state index in [1.807, 2.05) is 6.07 Å². The summed E-state index contributed by atoms with van der Waals surface area (Å²) >= 11 is 0. The molecule has 1 amide bonds. The number of carbonyl (C=O) groups is 1. The van der Waals surface area contributed by atoms with E-state index < -0.39 is 0 Å². The Labute approximate surface area is 145 Å². The van der Waals surface area contributed by atoms with Crippen LogP contribution in [0.3, 0.4) is 0 Å². The van der Waals surface area contributed by atoms with Gasteiger partial charge in [0, 0.05) is 13.1 Å². The monoisotopic (exact) mass is 347 g/mol. The molecule has 3 N–H and O–H groups in total. The first-order valence-corrected chi connectivity index (χ1v) is 7.44. The van der Waals surface area contributed by atoms with Gasteiger partial charge in [0.15, 0.2) is 0 Å². The lowest BCUT2D eigenvalue weighted by atomic mass is 9.98. The van der Waals surface area contributed by atoms with E-state index in [9.17, 15) is 4.79 Å². The van der Waals surface area contributed by atoms with Gasteiger partial charge in [-0.3, -0.25) is 9.69 Å². The van der Waals surface area contributed by atoms with Gasteiger partial charge in [0.2, 0.25) is 5.91 Å².